The molecule has 3 rings (SSSR count). The molecule has 3 nitrogen and oxygen atoms in total. The molecule has 0 fully saturated rings. The third kappa shape index (κ3) is 2.89. The SMILES string of the molecule is Cc1cccc(C2=N/C(=C/c3cccc(F)c3)C(=O)O2)c1. The average Bonchev–Trinajstić information content (AvgIpc) is 2.80. The summed E-state index contributed by atoms with van der Waals surface area (Å²) < 4.78 is 18.3. The monoisotopic (exact) mass is 281 g/mol. The number of halogens is 1. The van der Waals surface area contributed by atoms with E-state index < -0.39 is 5.97 Å². The van der Waals surface area contributed by atoms with E-state index in [2.05, 4.69) is 4.99 Å². The number of esters is 1. The molecule has 0 spiro atoms. The smallest absolute Gasteiger partial charge is 0.363 e. The Kier molecular flexibility index (Phi) is 3.36. The van der Waals surface area contributed by atoms with Crippen molar-refractivity contribution in [3.63, 3.8) is 0 Å². The average molecular weight is 281 g/mol. The van der Waals surface area contributed by atoms with Crippen molar-refractivity contribution in [2.75, 3.05) is 0 Å². The van der Waals surface area contributed by atoms with Gasteiger partial charge in [-0.2, -0.15) is 0 Å². The summed E-state index contributed by atoms with van der Waals surface area (Å²) in [5.41, 5.74) is 2.52. The number of carbonyl (C=O) groups is 1. The summed E-state index contributed by atoms with van der Waals surface area (Å²) in [6.07, 6.45) is 1.51. The second-order valence-corrected chi connectivity index (χ2v) is 4.76. The molecule has 2 aromatic carbocycles. The van der Waals surface area contributed by atoms with E-state index in [1.54, 1.807) is 12.1 Å². The van der Waals surface area contributed by atoms with E-state index in [-0.39, 0.29) is 17.4 Å². The normalized spacial score (nSPS) is 16.0. The predicted octanol–water partition coefficient (Wildman–Crippen LogP) is 3.48. The molecule has 1 heterocycles. The van der Waals surface area contributed by atoms with Crippen molar-refractivity contribution < 1.29 is 13.9 Å². The van der Waals surface area contributed by atoms with Gasteiger partial charge in [-0.25, -0.2) is 14.2 Å². The van der Waals surface area contributed by atoms with Gasteiger partial charge in [0.2, 0.25) is 5.90 Å². The molecule has 0 N–H and O–H groups in total. The topological polar surface area (TPSA) is 38.7 Å². The van der Waals surface area contributed by atoms with Crippen LogP contribution in [0.4, 0.5) is 4.39 Å². The van der Waals surface area contributed by atoms with Crippen LogP contribution in [-0.4, -0.2) is 11.9 Å². The van der Waals surface area contributed by atoms with Crippen molar-refractivity contribution in [1.82, 2.24) is 0 Å². The van der Waals surface area contributed by atoms with Crippen LogP contribution < -0.4 is 0 Å². The van der Waals surface area contributed by atoms with E-state index in [0.717, 1.165) is 11.1 Å². The summed E-state index contributed by atoms with van der Waals surface area (Å²) in [5.74, 6) is -0.624. The number of aryl methyl sites for hydroxylation is 1. The molecule has 0 aromatic heterocycles. The molecule has 104 valence electrons. The van der Waals surface area contributed by atoms with Gasteiger partial charge in [0.15, 0.2) is 5.70 Å². The Morgan fingerprint density at radius 1 is 1.14 bits per heavy atom. The minimum Gasteiger partial charge on any atom is -0.402 e. The summed E-state index contributed by atoms with van der Waals surface area (Å²) >= 11 is 0. The Hall–Kier alpha value is -2.75. The highest BCUT2D eigenvalue weighted by atomic mass is 19.1. The number of rotatable bonds is 2. The zero-order valence-corrected chi connectivity index (χ0v) is 11.3. The van der Waals surface area contributed by atoms with Crippen LogP contribution in [0, 0.1) is 12.7 Å². The summed E-state index contributed by atoms with van der Waals surface area (Å²) in [4.78, 5) is 16.0. The predicted molar refractivity (Wildman–Crippen MR) is 78.2 cm³/mol. The summed E-state index contributed by atoms with van der Waals surface area (Å²) in [7, 11) is 0. The lowest BCUT2D eigenvalue weighted by Crippen LogP contribution is -2.05. The highest BCUT2D eigenvalue weighted by Gasteiger charge is 2.24. The molecule has 2 aromatic rings. The number of cyclic esters (lactones) is 1. The largest absolute Gasteiger partial charge is 0.402 e. The molecule has 4 heteroatoms. The first-order valence-corrected chi connectivity index (χ1v) is 6.47. The van der Waals surface area contributed by atoms with Gasteiger partial charge >= 0.3 is 5.97 Å². The van der Waals surface area contributed by atoms with E-state index in [9.17, 15) is 9.18 Å². The lowest BCUT2D eigenvalue weighted by Gasteiger charge is -1.99. The van der Waals surface area contributed by atoms with Gasteiger partial charge in [-0.3, -0.25) is 0 Å². The Morgan fingerprint density at radius 3 is 2.71 bits per heavy atom. The molecule has 21 heavy (non-hydrogen) atoms. The third-order valence-electron chi connectivity index (χ3n) is 3.04. The van der Waals surface area contributed by atoms with Crippen molar-refractivity contribution in [2.45, 2.75) is 6.92 Å². The fourth-order valence-electron chi connectivity index (χ4n) is 2.06. The first kappa shape index (κ1) is 13.2. The van der Waals surface area contributed by atoms with Crippen molar-refractivity contribution in [3.8, 4) is 0 Å². The quantitative estimate of drug-likeness (QED) is 0.624. The minimum absolute atomic E-state index is 0.164. The molecule has 0 atom stereocenters. The number of hydrogen-bond donors (Lipinski definition) is 0. The zero-order chi connectivity index (χ0) is 14.8. The van der Waals surface area contributed by atoms with Gasteiger partial charge in [-0.1, -0.05) is 29.8 Å². The van der Waals surface area contributed by atoms with Crippen LogP contribution in [0.5, 0.6) is 0 Å². The maximum Gasteiger partial charge on any atom is 0.363 e. The highest BCUT2D eigenvalue weighted by Crippen LogP contribution is 2.19. The number of aliphatic imine (C=N–C) groups is 1. The van der Waals surface area contributed by atoms with Crippen molar-refractivity contribution in [2.24, 2.45) is 4.99 Å². The van der Waals surface area contributed by atoms with Crippen molar-refractivity contribution in [1.29, 1.82) is 0 Å². The number of hydrogen-bond acceptors (Lipinski definition) is 3. The van der Waals surface area contributed by atoms with Gasteiger partial charge in [-0.15, -0.1) is 0 Å². The van der Waals surface area contributed by atoms with Crippen LogP contribution in [0.15, 0.2) is 59.2 Å². The van der Waals surface area contributed by atoms with Gasteiger partial charge < -0.3 is 4.74 Å². The van der Waals surface area contributed by atoms with Crippen LogP contribution in [-0.2, 0) is 9.53 Å². The lowest BCUT2D eigenvalue weighted by molar-refractivity contribution is -0.129. The van der Waals surface area contributed by atoms with Gasteiger partial charge in [0, 0.05) is 5.56 Å². The molecule has 0 amide bonds. The Morgan fingerprint density at radius 2 is 1.95 bits per heavy atom. The third-order valence-corrected chi connectivity index (χ3v) is 3.04. The van der Waals surface area contributed by atoms with Gasteiger partial charge in [-0.05, 0) is 42.8 Å². The lowest BCUT2D eigenvalue weighted by atomic mass is 10.1. The number of benzene rings is 2. The van der Waals surface area contributed by atoms with Crippen LogP contribution in [0.25, 0.3) is 6.08 Å². The number of carbonyl (C=O) groups excluding carboxylic acids is 1. The van der Waals surface area contributed by atoms with E-state index >= 15 is 0 Å². The van der Waals surface area contributed by atoms with Gasteiger partial charge in [0.05, 0.1) is 0 Å². The zero-order valence-electron chi connectivity index (χ0n) is 11.3. The molecule has 0 saturated carbocycles. The molecule has 1 aliphatic heterocycles. The molecule has 1 aliphatic rings. The molecular weight excluding hydrogens is 269 g/mol. The van der Waals surface area contributed by atoms with Crippen LogP contribution in [0.1, 0.15) is 16.7 Å². The second kappa shape index (κ2) is 5.32. The highest BCUT2D eigenvalue weighted by molar-refractivity contribution is 6.12. The molecule has 0 saturated heterocycles. The number of ether oxygens (including phenoxy) is 1. The summed E-state index contributed by atoms with van der Waals surface area (Å²) in [6, 6.07) is 13.5. The first-order chi connectivity index (χ1) is 10.1. The maximum atomic E-state index is 13.1. The molecule has 0 bridgehead atoms. The summed E-state index contributed by atoms with van der Waals surface area (Å²) in [5, 5.41) is 0. The van der Waals surface area contributed by atoms with Crippen LogP contribution >= 0.6 is 0 Å². The standard InChI is InChI=1S/C17H12FNO2/c1-11-4-2-6-13(8-11)16-19-15(17(20)21-16)10-12-5-3-7-14(18)9-12/h2-10H,1H3/b15-10+. The van der Waals surface area contributed by atoms with E-state index in [0.29, 0.717) is 5.56 Å². The minimum atomic E-state index is -0.532. The Balaban J connectivity index is 1.95. The Bertz CT molecular complexity index is 778. The van der Waals surface area contributed by atoms with E-state index in [1.165, 1.54) is 18.2 Å². The van der Waals surface area contributed by atoms with Crippen LogP contribution in [0.2, 0.25) is 0 Å². The van der Waals surface area contributed by atoms with Crippen LogP contribution in [0.3, 0.4) is 0 Å². The van der Waals surface area contributed by atoms with Crippen molar-refractivity contribution >= 4 is 17.9 Å². The number of nitrogens with zero attached hydrogens (tertiary/aromatic N) is 1. The van der Waals surface area contributed by atoms with Gasteiger partial charge in [0.25, 0.3) is 0 Å². The second-order valence-electron chi connectivity index (χ2n) is 4.76. The van der Waals surface area contributed by atoms with Gasteiger partial charge in [0.1, 0.15) is 5.82 Å². The first-order valence-electron chi connectivity index (χ1n) is 6.47. The van der Waals surface area contributed by atoms with E-state index in [4.69, 9.17) is 4.74 Å². The van der Waals surface area contributed by atoms with Crippen molar-refractivity contribution in [3.05, 3.63) is 76.7 Å². The molecule has 0 unspecified atom stereocenters. The molecule has 0 aliphatic carbocycles. The maximum absolute atomic E-state index is 13.1. The van der Waals surface area contributed by atoms with E-state index in [1.807, 2.05) is 31.2 Å². The Labute approximate surface area is 121 Å². The molecule has 0 radical (unpaired) electrons. The fourth-order valence-corrected chi connectivity index (χ4v) is 2.06. The fraction of sp³-hybridized carbons (Fsp3) is 0.0588. The molecular formula is C17H12FNO2. The summed E-state index contributed by atoms with van der Waals surface area (Å²) in [6.45, 7) is 1.95.